The summed E-state index contributed by atoms with van der Waals surface area (Å²) in [4.78, 5) is 12.6. The zero-order valence-electron chi connectivity index (χ0n) is 12.4. The summed E-state index contributed by atoms with van der Waals surface area (Å²) < 4.78 is 0. The lowest BCUT2D eigenvalue weighted by atomic mass is 9.49. The fourth-order valence-corrected chi connectivity index (χ4v) is 5.11. The minimum atomic E-state index is 0.0204. The molecule has 4 bridgehead atoms. The van der Waals surface area contributed by atoms with E-state index in [2.05, 4.69) is 24.5 Å². The van der Waals surface area contributed by atoms with Crippen LogP contribution in [-0.2, 0) is 4.79 Å². The number of carbonyl (C=O) groups excluding carboxylic acids is 1. The molecule has 0 saturated heterocycles. The van der Waals surface area contributed by atoms with Gasteiger partial charge in [0.2, 0.25) is 5.91 Å². The topological polar surface area (TPSA) is 41.1 Å². The lowest BCUT2D eigenvalue weighted by Gasteiger charge is -2.55. The zero-order chi connectivity index (χ0) is 13.5. The first-order chi connectivity index (χ1) is 9.07. The summed E-state index contributed by atoms with van der Waals surface area (Å²) in [6, 6.07) is 0.497. The van der Waals surface area contributed by atoms with E-state index < -0.39 is 0 Å². The SMILES string of the molecule is CC(C)NCCNC(=O)C12CC3CC(CC(C3)C1)C2. The zero-order valence-corrected chi connectivity index (χ0v) is 12.4. The van der Waals surface area contributed by atoms with Gasteiger partial charge in [-0.1, -0.05) is 13.8 Å². The number of rotatable bonds is 5. The molecule has 1 amide bonds. The van der Waals surface area contributed by atoms with Gasteiger partial charge in [-0.05, 0) is 56.3 Å². The number of hydrogen-bond donors (Lipinski definition) is 2. The van der Waals surface area contributed by atoms with E-state index >= 15 is 0 Å². The minimum Gasteiger partial charge on any atom is -0.354 e. The van der Waals surface area contributed by atoms with Crippen LogP contribution >= 0.6 is 0 Å². The Hall–Kier alpha value is -0.570. The van der Waals surface area contributed by atoms with E-state index in [1.54, 1.807) is 0 Å². The van der Waals surface area contributed by atoms with E-state index in [0.29, 0.717) is 11.9 Å². The van der Waals surface area contributed by atoms with Gasteiger partial charge in [-0.15, -0.1) is 0 Å². The van der Waals surface area contributed by atoms with Crippen molar-refractivity contribution in [2.75, 3.05) is 13.1 Å². The van der Waals surface area contributed by atoms with E-state index in [9.17, 15) is 4.79 Å². The molecule has 0 aliphatic heterocycles. The average molecular weight is 264 g/mol. The second kappa shape index (κ2) is 5.08. The lowest BCUT2D eigenvalue weighted by molar-refractivity contribution is -0.146. The van der Waals surface area contributed by atoms with Gasteiger partial charge in [-0.3, -0.25) is 4.79 Å². The summed E-state index contributed by atoms with van der Waals surface area (Å²) in [6.07, 6.45) is 7.72. The molecule has 0 unspecified atom stereocenters. The maximum Gasteiger partial charge on any atom is 0.226 e. The molecule has 3 heteroatoms. The Kier molecular flexibility index (Phi) is 3.59. The van der Waals surface area contributed by atoms with E-state index in [1.165, 1.54) is 38.5 Å². The molecule has 108 valence electrons. The third-order valence-electron chi connectivity index (χ3n) is 5.48. The highest BCUT2D eigenvalue weighted by Crippen LogP contribution is 2.60. The fraction of sp³-hybridized carbons (Fsp3) is 0.938. The van der Waals surface area contributed by atoms with Crippen molar-refractivity contribution >= 4 is 5.91 Å². The second-order valence-electron chi connectivity index (χ2n) is 7.56. The van der Waals surface area contributed by atoms with Crippen LogP contribution in [0.15, 0.2) is 0 Å². The first-order valence-electron chi connectivity index (χ1n) is 8.09. The van der Waals surface area contributed by atoms with Crippen molar-refractivity contribution in [3.63, 3.8) is 0 Å². The van der Waals surface area contributed by atoms with Gasteiger partial charge in [0.25, 0.3) is 0 Å². The molecule has 0 atom stereocenters. The molecule has 4 aliphatic rings. The van der Waals surface area contributed by atoms with Crippen LogP contribution in [-0.4, -0.2) is 25.0 Å². The van der Waals surface area contributed by atoms with Gasteiger partial charge in [-0.25, -0.2) is 0 Å². The fourth-order valence-electron chi connectivity index (χ4n) is 5.11. The molecule has 3 nitrogen and oxygen atoms in total. The standard InChI is InChI=1S/C16H28N2O/c1-11(2)17-3-4-18-15(19)16-8-12-5-13(9-16)7-14(6-12)10-16/h11-14,17H,3-10H2,1-2H3,(H,18,19). The van der Waals surface area contributed by atoms with Gasteiger partial charge in [0, 0.05) is 24.5 Å². The van der Waals surface area contributed by atoms with Gasteiger partial charge in [0.15, 0.2) is 0 Å². The van der Waals surface area contributed by atoms with Crippen molar-refractivity contribution in [2.24, 2.45) is 23.2 Å². The van der Waals surface area contributed by atoms with Gasteiger partial charge in [-0.2, -0.15) is 0 Å². The molecule has 4 saturated carbocycles. The Morgan fingerprint density at radius 3 is 2.05 bits per heavy atom. The molecular weight excluding hydrogens is 236 g/mol. The van der Waals surface area contributed by atoms with E-state index in [4.69, 9.17) is 0 Å². The molecule has 0 aromatic carbocycles. The predicted molar refractivity (Wildman–Crippen MR) is 76.8 cm³/mol. The molecule has 4 rings (SSSR count). The highest BCUT2D eigenvalue weighted by atomic mass is 16.2. The first-order valence-corrected chi connectivity index (χ1v) is 8.09. The summed E-state index contributed by atoms with van der Waals surface area (Å²) in [5.41, 5.74) is 0.0204. The smallest absolute Gasteiger partial charge is 0.226 e. The van der Waals surface area contributed by atoms with E-state index in [-0.39, 0.29) is 5.41 Å². The Morgan fingerprint density at radius 1 is 1.05 bits per heavy atom. The van der Waals surface area contributed by atoms with Gasteiger partial charge in [0.1, 0.15) is 0 Å². The molecule has 4 fully saturated rings. The molecular formula is C16H28N2O. The molecule has 0 spiro atoms. The van der Waals surface area contributed by atoms with Crippen LogP contribution in [0.2, 0.25) is 0 Å². The summed E-state index contributed by atoms with van der Waals surface area (Å²) >= 11 is 0. The summed E-state index contributed by atoms with van der Waals surface area (Å²) in [5.74, 6) is 2.92. The van der Waals surface area contributed by atoms with Crippen molar-refractivity contribution < 1.29 is 4.79 Å². The van der Waals surface area contributed by atoms with Crippen LogP contribution in [0, 0.1) is 23.2 Å². The normalized spacial score (nSPS) is 39.8. The van der Waals surface area contributed by atoms with Crippen molar-refractivity contribution in [3.8, 4) is 0 Å². The van der Waals surface area contributed by atoms with Crippen LogP contribution in [0.1, 0.15) is 52.4 Å². The third-order valence-corrected chi connectivity index (χ3v) is 5.48. The van der Waals surface area contributed by atoms with Crippen molar-refractivity contribution in [2.45, 2.75) is 58.4 Å². The molecule has 4 aliphatic carbocycles. The molecule has 0 heterocycles. The molecule has 0 radical (unpaired) electrons. The second-order valence-corrected chi connectivity index (χ2v) is 7.56. The average Bonchev–Trinajstić information content (AvgIpc) is 2.32. The molecule has 2 N–H and O–H groups in total. The summed E-state index contributed by atoms with van der Waals surface area (Å²) in [5, 5.41) is 6.55. The largest absolute Gasteiger partial charge is 0.354 e. The Labute approximate surface area is 116 Å². The molecule has 0 aromatic heterocycles. The van der Waals surface area contributed by atoms with Crippen molar-refractivity contribution in [1.82, 2.24) is 10.6 Å². The lowest BCUT2D eigenvalue weighted by Crippen LogP contribution is -2.54. The van der Waals surface area contributed by atoms with Crippen LogP contribution in [0.5, 0.6) is 0 Å². The van der Waals surface area contributed by atoms with Crippen molar-refractivity contribution in [3.05, 3.63) is 0 Å². The third kappa shape index (κ3) is 2.67. The minimum absolute atomic E-state index is 0.0204. The van der Waals surface area contributed by atoms with Crippen LogP contribution < -0.4 is 10.6 Å². The Bertz CT molecular complexity index is 315. The van der Waals surface area contributed by atoms with Crippen molar-refractivity contribution in [1.29, 1.82) is 0 Å². The quantitative estimate of drug-likeness (QED) is 0.748. The number of carbonyl (C=O) groups is 1. The molecule has 19 heavy (non-hydrogen) atoms. The van der Waals surface area contributed by atoms with Crippen LogP contribution in [0.3, 0.4) is 0 Å². The number of hydrogen-bond acceptors (Lipinski definition) is 2. The number of amides is 1. The highest BCUT2D eigenvalue weighted by Gasteiger charge is 2.54. The monoisotopic (exact) mass is 264 g/mol. The van der Waals surface area contributed by atoms with E-state index in [0.717, 1.165) is 30.8 Å². The predicted octanol–water partition coefficient (Wildman–Crippen LogP) is 2.32. The Balaban J connectivity index is 1.54. The molecule has 0 aromatic rings. The first kappa shape index (κ1) is 13.4. The van der Waals surface area contributed by atoms with Gasteiger partial charge < -0.3 is 10.6 Å². The number of nitrogens with one attached hydrogen (secondary N) is 2. The van der Waals surface area contributed by atoms with E-state index in [1.807, 2.05) is 0 Å². The van der Waals surface area contributed by atoms with Gasteiger partial charge >= 0.3 is 0 Å². The maximum atomic E-state index is 12.6. The van der Waals surface area contributed by atoms with Gasteiger partial charge in [0.05, 0.1) is 0 Å². The highest BCUT2D eigenvalue weighted by molar-refractivity contribution is 5.83. The summed E-state index contributed by atoms with van der Waals surface area (Å²) in [7, 11) is 0. The Morgan fingerprint density at radius 2 is 1.58 bits per heavy atom. The van der Waals surface area contributed by atoms with Crippen LogP contribution in [0.25, 0.3) is 0 Å². The van der Waals surface area contributed by atoms with Crippen LogP contribution in [0.4, 0.5) is 0 Å². The summed E-state index contributed by atoms with van der Waals surface area (Å²) in [6.45, 7) is 5.94. The maximum absolute atomic E-state index is 12.6.